The Bertz CT molecular complexity index is 1480. The molecule has 4 aromatic rings. The molecule has 0 spiro atoms. The van der Waals surface area contributed by atoms with Gasteiger partial charge in [-0.15, -0.1) is 0 Å². The summed E-state index contributed by atoms with van der Waals surface area (Å²) in [4.78, 5) is 27.7. The maximum atomic E-state index is 13.5. The summed E-state index contributed by atoms with van der Waals surface area (Å²) in [7, 11) is 0. The first kappa shape index (κ1) is 22.8. The maximum Gasteiger partial charge on any atom is 0.270 e. The van der Waals surface area contributed by atoms with Crippen molar-refractivity contribution in [2.75, 3.05) is 4.90 Å². The van der Waals surface area contributed by atoms with Crippen molar-refractivity contribution < 1.29 is 14.3 Å². The van der Waals surface area contributed by atoms with Gasteiger partial charge in [0.25, 0.3) is 11.8 Å². The number of ether oxygens (including phenoxy) is 1. The molecule has 5 rings (SSSR count). The van der Waals surface area contributed by atoms with Crippen LogP contribution in [0.25, 0.3) is 16.8 Å². The highest BCUT2D eigenvalue weighted by molar-refractivity contribution is 7.80. The van der Waals surface area contributed by atoms with Gasteiger partial charge in [0.15, 0.2) is 5.11 Å². The van der Waals surface area contributed by atoms with Crippen LogP contribution in [-0.2, 0) is 16.2 Å². The highest BCUT2D eigenvalue weighted by Gasteiger charge is 2.34. The lowest BCUT2D eigenvalue weighted by molar-refractivity contribution is -0.122. The van der Waals surface area contributed by atoms with Crippen LogP contribution in [0.5, 0.6) is 5.75 Å². The van der Waals surface area contributed by atoms with Gasteiger partial charge in [-0.25, -0.2) is 0 Å². The molecule has 5 nitrogen and oxygen atoms in total. The fourth-order valence-electron chi connectivity index (χ4n) is 3.91. The van der Waals surface area contributed by atoms with E-state index in [2.05, 4.69) is 5.32 Å². The Morgan fingerprint density at radius 1 is 0.886 bits per heavy atom. The van der Waals surface area contributed by atoms with E-state index in [1.54, 1.807) is 30.3 Å². The van der Waals surface area contributed by atoms with Crippen LogP contribution < -0.4 is 15.0 Å². The second-order valence-corrected chi connectivity index (χ2v) is 8.73. The number of hydrogen-bond donors (Lipinski definition) is 1. The van der Waals surface area contributed by atoms with Gasteiger partial charge in [0.1, 0.15) is 17.9 Å². The molecular weight excluding hydrogens is 480 g/mol. The Kier molecular flexibility index (Phi) is 6.31. The number of carbonyl (C=O) groups excluding carboxylic acids is 2. The van der Waals surface area contributed by atoms with Gasteiger partial charge in [-0.3, -0.25) is 19.8 Å². The number of benzene rings is 4. The van der Waals surface area contributed by atoms with E-state index in [0.29, 0.717) is 28.6 Å². The van der Waals surface area contributed by atoms with Crippen LogP contribution in [0.1, 0.15) is 11.1 Å². The van der Waals surface area contributed by atoms with Crippen molar-refractivity contribution in [3.63, 3.8) is 0 Å². The zero-order chi connectivity index (χ0) is 24.4. The third-order valence-electron chi connectivity index (χ3n) is 5.64. The minimum Gasteiger partial charge on any atom is -0.488 e. The molecule has 2 amide bonds. The third-order valence-corrected chi connectivity index (χ3v) is 6.18. The predicted octanol–water partition coefficient (Wildman–Crippen LogP) is 5.90. The summed E-state index contributed by atoms with van der Waals surface area (Å²) in [5.41, 5.74) is 2.11. The van der Waals surface area contributed by atoms with Crippen molar-refractivity contribution in [2.24, 2.45) is 0 Å². The molecule has 1 heterocycles. The van der Waals surface area contributed by atoms with Crippen molar-refractivity contribution in [1.82, 2.24) is 5.32 Å². The summed E-state index contributed by atoms with van der Waals surface area (Å²) in [5.74, 6) is -0.526. The summed E-state index contributed by atoms with van der Waals surface area (Å²) in [6.45, 7) is 0.344. The Morgan fingerprint density at radius 2 is 1.60 bits per heavy atom. The number of nitrogens with one attached hydrogen (secondary N) is 1. The van der Waals surface area contributed by atoms with E-state index < -0.39 is 11.8 Å². The molecule has 1 aliphatic rings. The minimum atomic E-state index is -0.563. The summed E-state index contributed by atoms with van der Waals surface area (Å²) in [6, 6.07) is 28.0. The molecule has 0 atom stereocenters. The molecule has 0 aromatic heterocycles. The molecule has 0 radical (unpaired) electrons. The number of amides is 2. The minimum absolute atomic E-state index is 0.0120. The first-order valence-corrected chi connectivity index (χ1v) is 11.7. The lowest BCUT2D eigenvalue weighted by atomic mass is 9.99. The van der Waals surface area contributed by atoms with Crippen molar-refractivity contribution in [2.45, 2.75) is 6.61 Å². The second-order valence-electron chi connectivity index (χ2n) is 7.91. The topological polar surface area (TPSA) is 58.6 Å². The van der Waals surface area contributed by atoms with Crippen molar-refractivity contribution in [1.29, 1.82) is 0 Å². The normalized spacial score (nSPS) is 14.9. The van der Waals surface area contributed by atoms with Crippen LogP contribution >= 0.6 is 23.8 Å². The van der Waals surface area contributed by atoms with E-state index in [4.69, 9.17) is 28.6 Å². The molecule has 35 heavy (non-hydrogen) atoms. The summed E-state index contributed by atoms with van der Waals surface area (Å²) in [5, 5.41) is 4.98. The summed E-state index contributed by atoms with van der Waals surface area (Å²) in [6.07, 6.45) is 1.57. The zero-order valence-corrected chi connectivity index (χ0v) is 20.0. The van der Waals surface area contributed by atoms with Crippen LogP contribution in [0.15, 0.2) is 96.6 Å². The molecule has 7 heteroatoms. The van der Waals surface area contributed by atoms with Gasteiger partial charge in [0.05, 0.1) is 5.69 Å². The number of halogens is 1. The number of thiocarbonyl (C=S) groups is 1. The zero-order valence-electron chi connectivity index (χ0n) is 18.4. The van der Waals surface area contributed by atoms with E-state index in [1.807, 2.05) is 66.7 Å². The van der Waals surface area contributed by atoms with E-state index >= 15 is 0 Å². The molecule has 0 unspecified atom stereocenters. The first-order valence-electron chi connectivity index (χ1n) is 10.9. The number of hydrogen-bond acceptors (Lipinski definition) is 4. The average molecular weight is 499 g/mol. The molecule has 0 aliphatic carbocycles. The summed E-state index contributed by atoms with van der Waals surface area (Å²) >= 11 is 11.3. The number of fused-ring (bicyclic) bond motifs is 1. The molecule has 4 aromatic carbocycles. The highest BCUT2D eigenvalue weighted by Crippen LogP contribution is 2.32. The third kappa shape index (κ3) is 4.67. The first-order chi connectivity index (χ1) is 17.0. The Morgan fingerprint density at radius 3 is 2.37 bits per heavy atom. The number of carbonyl (C=O) groups is 2. The van der Waals surface area contributed by atoms with Gasteiger partial charge in [-0.05, 0) is 65.0 Å². The second kappa shape index (κ2) is 9.70. The molecule has 172 valence electrons. The number of anilines is 1. The van der Waals surface area contributed by atoms with Gasteiger partial charge >= 0.3 is 0 Å². The maximum absolute atomic E-state index is 13.5. The van der Waals surface area contributed by atoms with Crippen molar-refractivity contribution in [3.8, 4) is 5.75 Å². The monoisotopic (exact) mass is 498 g/mol. The Balaban J connectivity index is 1.58. The van der Waals surface area contributed by atoms with Gasteiger partial charge in [-0.2, -0.15) is 0 Å². The van der Waals surface area contributed by atoms with Gasteiger partial charge in [-0.1, -0.05) is 72.3 Å². The van der Waals surface area contributed by atoms with E-state index in [9.17, 15) is 9.59 Å². The fraction of sp³-hybridized carbons (Fsp3) is 0.0357. The molecule has 0 saturated carbocycles. The predicted molar refractivity (Wildman–Crippen MR) is 142 cm³/mol. The standard InChI is InChI=1S/C28H19ClN2O3S/c29-20-11-13-21(14-12-20)31-27(33)24(26(32)30-28(31)35)16-23-22-9-5-4-8-19(22)10-15-25(23)34-17-18-6-2-1-3-7-18/h1-16H,17H2,(H,30,32,35)/b24-16-. The number of rotatable bonds is 5. The average Bonchev–Trinajstić information content (AvgIpc) is 2.87. The smallest absolute Gasteiger partial charge is 0.270 e. The molecule has 1 fully saturated rings. The molecule has 1 saturated heterocycles. The quantitative estimate of drug-likeness (QED) is 0.211. The fourth-order valence-corrected chi connectivity index (χ4v) is 4.32. The SMILES string of the molecule is O=C1NC(=S)N(c2ccc(Cl)cc2)C(=O)/C1=C\c1c(OCc2ccccc2)ccc2ccccc12. The molecular formula is C28H19ClN2O3S. The van der Waals surface area contributed by atoms with Gasteiger partial charge < -0.3 is 4.74 Å². The molecule has 1 N–H and O–H groups in total. The van der Waals surface area contributed by atoms with E-state index in [1.165, 1.54) is 4.90 Å². The molecule has 0 bridgehead atoms. The number of nitrogens with zero attached hydrogens (tertiary/aromatic N) is 1. The van der Waals surface area contributed by atoms with Gasteiger partial charge in [0, 0.05) is 10.6 Å². The largest absolute Gasteiger partial charge is 0.488 e. The van der Waals surface area contributed by atoms with Crippen LogP contribution in [-0.4, -0.2) is 16.9 Å². The Hall–Kier alpha value is -4.00. The van der Waals surface area contributed by atoms with E-state index in [-0.39, 0.29) is 10.7 Å². The Labute approximate surface area is 212 Å². The van der Waals surface area contributed by atoms with Crippen molar-refractivity contribution in [3.05, 3.63) is 113 Å². The van der Waals surface area contributed by atoms with Crippen LogP contribution in [0, 0.1) is 0 Å². The van der Waals surface area contributed by atoms with Crippen LogP contribution in [0.2, 0.25) is 5.02 Å². The van der Waals surface area contributed by atoms with Crippen LogP contribution in [0.4, 0.5) is 5.69 Å². The van der Waals surface area contributed by atoms with Crippen LogP contribution in [0.3, 0.4) is 0 Å². The van der Waals surface area contributed by atoms with Gasteiger partial charge in [0.2, 0.25) is 0 Å². The van der Waals surface area contributed by atoms with E-state index in [0.717, 1.165) is 16.3 Å². The lowest BCUT2D eigenvalue weighted by Crippen LogP contribution is -2.54. The molecule has 1 aliphatic heterocycles. The summed E-state index contributed by atoms with van der Waals surface area (Å²) < 4.78 is 6.15. The van der Waals surface area contributed by atoms with Crippen molar-refractivity contribution >= 4 is 63.3 Å². The highest BCUT2D eigenvalue weighted by atomic mass is 35.5. The lowest BCUT2D eigenvalue weighted by Gasteiger charge is -2.29.